The minimum absolute atomic E-state index is 0.248. The molecule has 7 nitrogen and oxygen atoms in total. The lowest BCUT2D eigenvalue weighted by atomic mass is 10.1. The maximum Gasteiger partial charge on any atom is 0.253 e. The van der Waals surface area contributed by atoms with E-state index < -0.39 is 5.82 Å². The summed E-state index contributed by atoms with van der Waals surface area (Å²) < 4.78 is 14.8. The zero-order valence-corrected chi connectivity index (χ0v) is 13.0. The first-order valence-electron chi connectivity index (χ1n) is 7.52. The number of hydrogen-bond acceptors (Lipinski definition) is 5. The van der Waals surface area contributed by atoms with Gasteiger partial charge in [-0.1, -0.05) is 5.21 Å². The molecule has 3 heterocycles. The summed E-state index contributed by atoms with van der Waals surface area (Å²) in [4.78, 5) is 18.9. The van der Waals surface area contributed by atoms with Crippen LogP contribution in [-0.4, -0.2) is 25.0 Å². The third-order valence-corrected chi connectivity index (χ3v) is 3.84. The van der Waals surface area contributed by atoms with Crippen LogP contribution in [0.5, 0.6) is 0 Å². The molecule has 0 unspecified atom stereocenters. The molecule has 0 bridgehead atoms. The second kappa shape index (κ2) is 5.82. The quantitative estimate of drug-likeness (QED) is 0.595. The normalized spacial score (nSPS) is 11.1. The van der Waals surface area contributed by atoms with Gasteiger partial charge in [0, 0.05) is 17.3 Å². The fourth-order valence-electron chi connectivity index (χ4n) is 2.58. The van der Waals surface area contributed by atoms with Crippen molar-refractivity contribution in [1.82, 2.24) is 25.0 Å². The van der Waals surface area contributed by atoms with E-state index in [1.807, 2.05) is 0 Å². The molecule has 8 heteroatoms. The van der Waals surface area contributed by atoms with E-state index >= 15 is 0 Å². The van der Waals surface area contributed by atoms with Crippen LogP contribution in [0.4, 0.5) is 10.2 Å². The van der Waals surface area contributed by atoms with Gasteiger partial charge in [0.25, 0.3) is 5.56 Å². The van der Waals surface area contributed by atoms with E-state index in [0.29, 0.717) is 22.6 Å². The second-order valence-electron chi connectivity index (χ2n) is 5.63. The van der Waals surface area contributed by atoms with E-state index in [-0.39, 0.29) is 12.1 Å². The maximum atomic E-state index is 13.2. The Bertz CT molecular complexity index is 1120. The summed E-state index contributed by atoms with van der Waals surface area (Å²) in [5.74, 6) is 0.0317. The number of pyridine rings is 2. The molecular weight excluding hydrogens is 323 g/mol. The number of fused-ring (bicyclic) bond motifs is 1. The van der Waals surface area contributed by atoms with Gasteiger partial charge >= 0.3 is 0 Å². The van der Waals surface area contributed by atoms with Crippen LogP contribution >= 0.6 is 0 Å². The molecule has 0 saturated carbocycles. The number of H-pyrrole nitrogens is 1. The summed E-state index contributed by atoms with van der Waals surface area (Å²) in [6.45, 7) is 0.248. The molecule has 25 heavy (non-hydrogen) atoms. The Morgan fingerprint density at radius 1 is 1.20 bits per heavy atom. The summed E-state index contributed by atoms with van der Waals surface area (Å²) in [6.07, 6.45) is 3.34. The summed E-state index contributed by atoms with van der Waals surface area (Å²) >= 11 is 0. The van der Waals surface area contributed by atoms with Crippen LogP contribution in [-0.2, 0) is 6.54 Å². The number of aromatic amines is 1. The molecule has 4 aromatic rings. The zero-order chi connectivity index (χ0) is 17.4. The number of nitrogen functional groups attached to an aromatic ring is 1. The fourth-order valence-corrected chi connectivity index (χ4v) is 2.58. The fraction of sp³-hybridized carbons (Fsp3) is 0.0588. The van der Waals surface area contributed by atoms with E-state index in [2.05, 4.69) is 20.3 Å². The van der Waals surface area contributed by atoms with Gasteiger partial charge in [0.05, 0.1) is 18.3 Å². The first kappa shape index (κ1) is 15.0. The SMILES string of the molecule is Nc1ccc(-c2cn(Cc3cc4ccc(F)cc4[nH]c3=O)nn2)cn1. The van der Waals surface area contributed by atoms with Crippen molar-refractivity contribution in [3.8, 4) is 11.3 Å². The number of hydrogen-bond donors (Lipinski definition) is 2. The minimum atomic E-state index is -0.395. The average Bonchev–Trinajstić information content (AvgIpc) is 3.05. The van der Waals surface area contributed by atoms with Crippen LogP contribution < -0.4 is 11.3 Å². The van der Waals surface area contributed by atoms with Gasteiger partial charge in [0.15, 0.2) is 0 Å². The Labute approximate surface area is 140 Å². The Morgan fingerprint density at radius 3 is 2.88 bits per heavy atom. The summed E-state index contributed by atoms with van der Waals surface area (Å²) in [5.41, 5.74) is 7.66. The molecule has 0 fully saturated rings. The number of nitrogens with zero attached hydrogens (tertiary/aromatic N) is 4. The van der Waals surface area contributed by atoms with Gasteiger partial charge in [0.2, 0.25) is 0 Å². The van der Waals surface area contributed by atoms with Crippen molar-refractivity contribution in [3.05, 3.63) is 70.5 Å². The highest BCUT2D eigenvalue weighted by Gasteiger charge is 2.08. The van der Waals surface area contributed by atoms with E-state index in [1.54, 1.807) is 41.3 Å². The lowest BCUT2D eigenvalue weighted by molar-refractivity contribution is 0.629. The minimum Gasteiger partial charge on any atom is -0.384 e. The van der Waals surface area contributed by atoms with Crippen molar-refractivity contribution in [2.75, 3.05) is 5.73 Å². The maximum absolute atomic E-state index is 13.2. The molecule has 0 aliphatic heterocycles. The largest absolute Gasteiger partial charge is 0.384 e. The van der Waals surface area contributed by atoms with E-state index in [0.717, 1.165) is 10.9 Å². The van der Waals surface area contributed by atoms with Gasteiger partial charge in [-0.05, 0) is 41.8 Å². The van der Waals surface area contributed by atoms with E-state index in [9.17, 15) is 9.18 Å². The molecule has 3 N–H and O–H groups in total. The molecule has 0 spiro atoms. The monoisotopic (exact) mass is 336 g/mol. The van der Waals surface area contributed by atoms with Crippen LogP contribution in [0.3, 0.4) is 0 Å². The summed E-state index contributed by atoms with van der Waals surface area (Å²) in [7, 11) is 0. The number of rotatable bonds is 3. The molecule has 0 saturated heterocycles. The van der Waals surface area contributed by atoms with Crippen molar-refractivity contribution >= 4 is 16.7 Å². The number of nitrogens with two attached hydrogens (primary N) is 1. The molecule has 124 valence electrons. The van der Waals surface area contributed by atoms with Crippen LogP contribution in [0.2, 0.25) is 0 Å². The predicted molar refractivity (Wildman–Crippen MR) is 91.3 cm³/mol. The van der Waals surface area contributed by atoms with Crippen LogP contribution in [0.15, 0.2) is 53.6 Å². The standard InChI is InChI=1S/C17H13FN6O/c18-13-3-1-10-5-12(17(25)21-14(10)6-13)8-24-9-15(22-23-24)11-2-4-16(19)20-7-11/h1-7,9H,8H2,(H2,19,20)(H,21,25). The van der Waals surface area contributed by atoms with Crippen molar-refractivity contribution < 1.29 is 4.39 Å². The van der Waals surface area contributed by atoms with Crippen LogP contribution in [0.1, 0.15) is 5.56 Å². The smallest absolute Gasteiger partial charge is 0.253 e. The van der Waals surface area contributed by atoms with Crippen molar-refractivity contribution in [1.29, 1.82) is 0 Å². The van der Waals surface area contributed by atoms with Gasteiger partial charge in [-0.15, -0.1) is 5.10 Å². The number of nitrogens with one attached hydrogen (secondary N) is 1. The Balaban J connectivity index is 1.65. The third kappa shape index (κ3) is 2.97. The molecule has 0 radical (unpaired) electrons. The molecule has 4 rings (SSSR count). The number of benzene rings is 1. The zero-order valence-electron chi connectivity index (χ0n) is 13.0. The predicted octanol–water partition coefficient (Wildman–Crippen LogP) is 1.95. The molecule has 0 aliphatic carbocycles. The first-order valence-corrected chi connectivity index (χ1v) is 7.52. The van der Waals surface area contributed by atoms with Crippen LogP contribution in [0.25, 0.3) is 22.2 Å². The van der Waals surface area contributed by atoms with Gasteiger partial charge in [-0.25, -0.2) is 14.1 Å². The first-order chi connectivity index (χ1) is 12.1. The van der Waals surface area contributed by atoms with Gasteiger partial charge in [0.1, 0.15) is 17.3 Å². The number of aromatic nitrogens is 5. The molecule has 0 atom stereocenters. The van der Waals surface area contributed by atoms with Crippen molar-refractivity contribution in [2.24, 2.45) is 0 Å². The molecule has 0 amide bonds. The lowest BCUT2D eigenvalue weighted by Gasteiger charge is -2.03. The Hall–Kier alpha value is -3.55. The van der Waals surface area contributed by atoms with E-state index in [1.165, 1.54) is 12.1 Å². The molecular formula is C17H13FN6O. The molecule has 1 aromatic carbocycles. The summed E-state index contributed by atoms with van der Waals surface area (Å²) in [5, 5.41) is 8.88. The van der Waals surface area contributed by atoms with Crippen molar-refractivity contribution in [3.63, 3.8) is 0 Å². The second-order valence-corrected chi connectivity index (χ2v) is 5.63. The van der Waals surface area contributed by atoms with Gasteiger partial charge in [-0.3, -0.25) is 4.79 Å². The Morgan fingerprint density at radius 2 is 2.08 bits per heavy atom. The van der Waals surface area contributed by atoms with E-state index in [4.69, 9.17) is 5.73 Å². The lowest BCUT2D eigenvalue weighted by Crippen LogP contribution is -2.16. The Kier molecular flexibility index (Phi) is 3.50. The summed E-state index contributed by atoms with van der Waals surface area (Å²) in [6, 6.07) is 9.47. The van der Waals surface area contributed by atoms with Gasteiger partial charge in [-0.2, -0.15) is 0 Å². The molecule has 3 aromatic heterocycles. The highest BCUT2D eigenvalue weighted by Crippen LogP contribution is 2.17. The number of halogens is 1. The van der Waals surface area contributed by atoms with Crippen LogP contribution in [0, 0.1) is 5.82 Å². The average molecular weight is 336 g/mol. The highest BCUT2D eigenvalue weighted by atomic mass is 19.1. The van der Waals surface area contributed by atoms with Crippen molar-refractivity contribution in [2.45, 2.75) is 6.54 Å². The molecule has 0 aliphatic rings. The third-order valence-electron chi connectivity index (χ3n) is 3.84. The highest BCUT2D eigenvalue weighted by molar-refractivity contribution is 5.78. The topological polar surface area (TPSA) is 102 Å². The van der Waals surface area contributed by atoms with Gasteiger partial charge < -0.3 is 10.7 Å². The number of anilines is 1.